The molecule has 1 fully saturated rings. The number of carbonyl (C=O) groups is 1. The molecule has 2 amide bonds. The zero-order valence-corrected chi connectivity index (χ0v) is 14.2. The van der Waals surface area contributed by atoms with Gasteiger partial charge >= 0.3 is 6.03 Å². The monoisotopic (exact) mass is 343 g/mol. The maximum Gasteiger partial charge on any atom is 0.319 e. The molecule has 0 unspecified atom stereocenters. The van der Waals surface area contributed by atoms with Gasteiger partial charge in [-0.2, -0.15) is 0 Å². The number of nitrogens with one attached hydrogen (secondary N) is 2. The van der Waals surface area contributed by atoms with Crippen molar-refractivity contribution in [3.63, 3.8) is 0 Å². The third kappa shape index (κ3) is 4.21. The van der Waals surface area contributed by atoms with E-state index < -0.39 is 5.82 Å². The van der Waals surface area contributed by atoms with Crippen LogP contribution in [0.4, 0.5) is 20.6 Å². The number of para-hydroxylation sites is 3. The lowest BCUT2D eigenvalue weighted by Gasteiger charge is -2.21. The van der Waals surface area contributed by atoms with Crippen LogP contribution >= 0.6 is 0 Å². The molecule has 1 heterocycles. The van der Waals surface area contributed by atoms with Crippen LogP contribution in [-0.4, -0.2) is 32.8 Å². The van der Waals surface area contributed by atoms with Gasteiger partial charge in [-0.15, -0.1) is 0 Å². The van der Waals surface area contributed by atoms with Gasteiger partial charge in [0, 0.05) is 19.6 Å². The van der Waals surface area contributed by atoms with Crippen LogP contribution in [0.3, 0.4) is 0 Å². The van der Waals surface area contributed by atoms with Gasteiger partial charge in [0.25, 0.3) is 0 Å². The van der Waals surface area contributed by atoms with E-state index in [9.17, 15) is 9.18 Å². The van der Waals surface area contributed by atoms with E-state index in [4.69, 9.17) is 4.74 Å². The van der Waals surface area contributed by atoms with E-state index in [2.05, 4.69) is 15.5 Å². The fourth-order valence-corrected chi connectivity index (χ4v) is 3.08. The minimum absolute atomic E-state index is 0.182. The van der Waals surface area contributed by atoms with Crippen molar-refractivity contribution in [1.82, 2.24) is 5.32 Å². The largest absolute Gasteiger partial charge is 0.495 e. The van der Waals surface area contributed by atoms with Crippen molar-refractivity contribution in [1.29, 1.82) is 0 Å². The molecule has 2 aromatic carbocycles. The lowest BCUT2D eigenvalue weighted by Crippen LogP contribution is -2.34. The molecule has 0 aromatic heterocycles. The third-order valence-electron chi connectivity index (χ3n) is 4.39. The van der Waals surface area contributed by atoms with Crippen LogP contribution in [0, 0.1) is 11.7 Å². The first-order chi connectivity index (χ1) is 12.2. The van der Waals surface area contributed by atoms with Crippen LogP contribution in [-0.2, 0) is 0 Å². The number of nitrogens with zero attached hydrogens (tertiary/aromatic N) is 1. The second-order valence-corrected chi connectivity index (χ2v) is 6.09. The smallest absolute Gasteiger partial charge is 0.319 e. The van der Waals surface area contributed by atoms with Crippen LogP contribution in [0.1, 0.15) is 6.42 Å². The molecule has 3 rings (SSSR count). The van der Waals surface area contributed by atoms with E-state index >= 15 is 0 Å². The van der Waals surface area contributed by atoms with Crippen LogP contribution in [0.5, 0.6) is 5.75 Å². The van der Waals surface area contributed by atoms with Crippen molar-refractivity contribution in [2.24, 2.45) is 5.92 Å². The highest BCUT2D eigenvalue weighted by molar-refractivity contribution is 5.89. The number of methoxy groups -OCH3 is 1. The van der Waals surface area contributed by atoms with E-state index in [1.54, 1.807) is 19.2 Å². The van der Waals surface area contributed by atoms with Gasteiger partial charge < -0.3 is 20.3 Å². The number of ether oxygens (including phenoxy) is 1. The maximum absolute atomic E-state index is 13.5. The van der Waals surface area contributed by atoms with E-state index in [1.807, 2.05) is 24.3 Å². The maximum atomic E-state index is 13.5. The highest BCUT2D eigenvalue weighted by Gasteiger charge is 2.24. The Bertz CT molecular complexity index is 738. The molecule has 0 radical (unpaired) electrons. The van der Waals surface area contributed by atoms with Gasteiger partial charge in [0.05, 0.1) is 18.5 Å². The third-order valence-corrected chi connectivity index (χ3v) is 4.39. The Morgan fingerprint density at radius 3 is 2.80 bits per heavy atom. The molecule has 0 aliphatic carbocycles. The van der Waals surface area contributed by atoms with Crippen LogP contribution in [0.2, 0.25) is 0 Å². The summed E-state index contributed by atoms with van der Waals surface area (Å²) in [5.74, 6) is 0.755. The van der Waals surface area contributed by atoms with Gasteiger partial charge in [-0.25, -0.2) is 9.18 Å². The number of benzene rings is 2. The lowest BCUT2D eigenvalue weighted by atomic mass is 10.1. The predicted octanol–water partition coefficient (Wildman–Crippen LogP) is 3.48. The van der Waals surface area contributed by atoms with Crippen LogP contribution < -0.4 is 20.3 Å². The minimum atomic E-state index is -0.444. The van der Waals surface area contributed by atoms with E-state index in [0.29, 0.717) is 12.5 Å². The van der Waals surface area contributed by atoms with Gasteiger partial charge in [-0.3, -0.25) is 0 Å². The van der Waals surface area contributed by atoms with Gasteiger partial charge in [-0.1, -0.05) is 24.3 Å². The highest BCUT2D eigenvalue weighted by Crippen LogP contribution is 2.31. The molecule has 2 aromatic rings. The predicted molar refractivity (Wildman–Crippen MR) is 96.7 cm³/mol. The summed E-state index contributed by atoms with van der Waals surface area (Å²) in [6, 6.07) is 13.7. The van der Waals surface area contributed by atoms with Crippen LogP contribution in [0.15, 0.2) is 48.5 Å². The number of hydrogen-bond acceptors (Lipinski definition) is 3. The zero-order chi connectivity index (χ0) is 17.6. The number of amides is 2. The average molecular weight is 343 g/mol. The Balaban J connectivity index is 1.50. The van der Waals surface area contributed by atoms with Crippen LogP contribution in [0.25, 0.3) is 0 Å². The minimum Gasteiger partial charge on any atom is -0.495 e. The van der Waals surface area contributed by atoms with Gasteiger partial charge in [0.2, 0.25) is 0 Å². The highest BCUT2D eigenvalue weighted by atomic mass is 19.1. The molecule has 1 saturated heterocycles. The number of halogens is 1. The molecular weight excluding hydrogens is 321 g/mol. The molecule has 2 N–H and O–H groups in total. The standard InChI is InChI=1S/C19H22FN3O2/c1-25-18-9-5-4-8-17(18)23-11-10-14(13-23)12-21-19(24)22-16-7-3-2-6-15(16)20/h2-9,14H,10-13H2,1H3,(H2,21,22,24)/t14-/m1/s1. The lowest BCUT2D eigenvalue weighted by molar-refractivity contribution is 0.250. The first-order valence-electron chi connectivity index (χ1n) is 8.34. The molecule has 1 aliphatic rings. The van der Waals surface area contributed by atoms with E-state index in [-0.39, 0.29) is 11.7 Å². The topological polar surface area (TPSA) is 53.6 Å². The summed E-state index contributed by atoms with van der Waals surface area (Å²) < 4.78 is 19.0. The Morgan fingerprint density at radius 2 is 2.00 bits per heavy atom. The van der Waals surface area contributed by atoms with Crippen molar-refractivity contribution in [2.45, 2.75) is 6.42 Å². The fourth-order valence-electron chi connectivity index (χ4n) is 3.08. The summed E-state index contributed by atoms with van der Waals surface area (Å²) in [5, 5.41) is 5.36. The van der Waals surface area contributed by atoms with Gasteiger partial charge in [0.1, 0.15) is 11.6 Å². The Labute approximate surface area is 146 Å². The molecule has 5 nitrogen and oxygen atoms in total. The molecular formula is C19H22FN3O2. The van der Waals surface area contributed by atoms with Crippen molar-refractivity contribution in [3.8, 4) is 5.75 Å². The van der Waals surface area contributed by atoms with Crippen molar-refractivity contribution in [2.75, 3.05) is 37.0 Å². The molecule has 1 aliphatic heterocycles. The molecule has 6 heteroatoms. The van der Waals surface area contributed by atoms with Crippen molar-refractivity contribution >= 4 is 17.4 Å². The van der Waals surface area contributed by atoms with Crippen molar-refractivity contribution < 1.29 is 13.9 Å². The molecule has 132 valence electrons. The van der Waals surface area contributed by atoms with Crippen molar-refractivity contribution in [3.05, 3.63) is 54.3 Å². The summed E-state index contributed by atoms with van der Waals surface area (Å²) in [5.41, 5.74) is 1.25. The van der Waals surface area contributed by atoms with E-state index in [1.165, 1.54) is 12.1 Å². The number of anilines is 2. The van der Waals surface area contributed by atoms with Gasteiger partial charge in [-0.05, 0) is 36.6 Å². The number of rotatable bonds is 5. The van der Waals surface area contributed by atoms with E-state index in [0.717, 1.165) is 30.9 Å². The molecule has 1 atom stereocenters. The SMILES string of the molecule is COc1ccccc1N1CC[C@H](CNC(=O)Nc2ccccc2F)C1. The molecule has 0 spiro atoms. The first-order valence-corrected chi connectivity index (χ1v) is 8.34. The second-order valence-electron chi connectivity index (χ2n) is 6.09. The summed E-state index contributed by atoms with van der Waals surface area (Å²) in [6.07, 6.45) is 0.984. The number of carbonyl (C=O) groups excluding carboxylic acids is 1. The second kappa shape index (κ2) is 7.88. The number of urea groups is 1. The summed E-state index contributed by atoms with van der Waals surface area (Å²) >= 11 is 0. The van der Waals surface area contributed by atoms with Gasteiger partial charge in [0.15, 0.2) is 0 Å². The Hall–Kier alpha value is -2.76. The summed E-state index contributed by atoms with van der Waals surface area (Å²) in [7, 11) is 1.67. The molecule has 0 saturated carbocycles. The molecule has 25 heavy (non-hydrogen) atoms. The molecule has 0 bridgehead atoms. The summed E-state index contributed by atoms with van der Waals surface area (Å²) in [6.45, 7) is 2.31. The average Bonchev–Trinajstić information content (AvgIpc) is 3.11. The fraction of sp³-hybridized carbons (Fsp3) is 0.316. The normalized spacial score (nSPS) is 16.6. The quantitative estimate of drug-likeness (QED) is 0.874. The Kier molecular flexibility index (Phi) is 5.38. The Morgan fingerprint density at radius 1 is 1.24 bits per heavy atom. The first kappa shape index (κ1) is 17.1. The zero-order valence-electron chi connectivity index (χ0n) is 14.2. The summed E-state index contributed by atoms with van der Waals surface area (Å²) in [4.78, 5) is 14.2. The number of hydrogen-bond donors (Lipinski definition) is 2.